The molecular formula is C22H36N6O5. The van der Waals surface area contributed by atoms with E-state index >= 15 is 0 Å². The summed E-state index contributed by atoms with van der Waals surface area (Å²) in [5, 5.41) is 24.6. The summed E-state index contributed by atoms with van der Waals surface area (Å²) in [6.07, 6.45) is 4.28. The largest absolute Gasteiger partial charge is 0.481 e. The molecule has 11 nitrogen and oxygen atoms in total. The predicted molar refractivity (Wildman–Crippen MR) is 119 cm³/mol. The molecule has 0 radical (unpaired) electrons. The highest BCUT2D eigenvalue weighted by atomic mass is 16.4. The van der Waals surface area contributed by atoms with Gasteiger partial charge in [-0.3, -0.25) is 19.2 Å². The quantitative estimate of drug-likeness (QED) is 0.224. The molecule has 8 atom stereocenters. The zero-order valence-corrected chi connectivity index (χ0v) is 18.8. The Morgan fingerprint density at radius 1 is 0.636 bits per heavy atom. The summed E-state index contributed by atoms with van der Waals surface area (Å²) in [7, 11) is 0. The van der Waals surface area contributed by atoms with Crippen molar-refractivity contribution in [3.8, 4) is 0 Å². The lowest BCUT2D eigenvalue weighted by Gasteiger charge is -2.27. The van der Waals surface area contributed by atoms with Crippen LogP contribution in [0.15, 0.2) is 0 Å². The molecule has 8 N–H and O–H groups in total. The van der Waals surface area contributed by atoms with Crippen molar-refractivity contribution in [3.63, 3.8) is 0 Å². The van der Waals surface area contributed by atoms with Crippen molar-refractivity contribution in [2.75, 3.05) is 26.2 Å². The number of aliphatic carboxylic acids is 1. The summed E-state index contributed by atoms with van der Waals surface area (Å²) >= 11 is 0. The van der Waals surface area contributed by atoms with Crippen LogP contribution in [0.25, 0.3) is 0 Å². The molecule has 2 aliphatic carbocycles. The second kappa shape index (κ2) is 10.4. The molecule has 3 amide bonds. The van der Waals surface area contributed by atoms with Gasteiger partial charge < -0.3 is 37.4 Å². The third kappa shape index (κ3) is 5.30. The number of carbonyl (C=O) groups is 4. The van der Waals surface area contributed by atoms with E-state index in [4.69, 9.17) is 5.73 Å². The van der Waals surface area contributed by atoms with Crippen LogP contribution < -0.4 is 32.3 Å². The summed E-state index contributed by atoms with van der Waals surface area (Å²) in [6, 6.07) is -1.19. The van der Waals surface area contributed by atoms with Gasteiger partial charge in [-0.15, -0.1) is 0 Å². The van der Waals surface area contributed by atoms with Crippen LogP contribution in [0.5, 0.6) is 0 Å². The van der Waals surface area contributed by atoms with E-state index in [1.165, 1.54) is 0 Å². The minimum absolute atomic E-state index is 0.110. The average Bonchev–Trinajstić information content (AvgIpc) is 3.55. The first kappa shape index (κ1) is 23.9. The lowest BCUT2D eigenvalue weighted by Crippen LogP contribution is -2.53. The first-order valence-corrected chi connectivity index (χ1v) is 12.2. The molecule has 0 aromatic carbocycles. The molecule has 4 rings (SSSR count). The molecule has 0 spiro atoms. The van der Waals surface area contributed by atoms with Crippen LogP contribution >= 0.6 is 0 Å². The Morgan fingerprint density at radius 3 is 1.79 bits per heavy atom. The smallest absolute Gasteiger partial charge is 0.308 e. The number of nitrogens with one attached hydrogen (secondary N) is 5. The topological polar surface area (TPSA) is 175 Å². The van der Waals surface area contributed by atoms with E-state index in [1.54, 1.807) is 0 Å². The third-order valence-electron chi connectivity index (χ3n) is 7.82. The van der Waals surface area contributed by atoms with Crippen molar-refractivity contribution < 1.29 is 24.3 Å². The van der Waals surface area contributed by atoms with E-state index in [0.717, 1.165) is 19.3 Å². The fraction of sp³-hybridized carbons (Fsp3) is 0.818. The molecule has 0 aromatic rings. The fourth-order valence-corrected chi connectivity index (χ4v) is 5.84. The minimum atomic E-state index is -0.879. The summed E-state index contributed by atoms with van der Waals surface area (Å²) in [5.41, 5.74) is 6.00. The van der Waals surface area contributed by atoms with Gasteiger partial charge in [0.15, 0.2) is 0 Å². The molecular weight excluding hydrogens is 428 g/mol. The molecule has 2 saturated carbocycles. The molecule has 0 bridgehead atoms. The van der Waals surface area contributed by atoms with E-state index in [9.17, 15) is 24.3 Å². The zero-order valence-electron chi connectivity index (χ0n) is 18.8. The average molecular weight is 465 g/mol. The number of hydrogen-bond donors (Lipinski definition) is 7. The lowest BCUT2D eigenvalue weighted by molar-refractivity contribution is -0.142. The van der Waals surface area contributed by atoms with E-state index in [0.29, 0.717) is 45.4 Å². The first-order chi connectivity index (χ1) is 15.8. The molecule has 2 aliphatic heterocycles. The van der Waals surface area contributed by atoms with Crippen LogP contribution in [0.3, 0.4) is 0 Å². The van der Waals surface area contributed by atoms with E-state index < -0.39 is 17.8 Å². The van der Waals surface area contributed by atoms with Gasteiger partial charge in [-0.05, 0) is 25.7 Å². The van der Waals surface area contributed by atoms with Crippen LogP contribution in [0, 0.1) is 23.7 Å². The zero-order chi connectivity index (χ0) is 23.5. The number of amides is 3. The normalized spacial score (nSPS) is 38.2. The van der Waals surface area contributed by atoms with Gasteiger partial charge in [-0.1, -0.05) is 12.8 Å². The molecule has 2 saturated heterocycles. The SMILES string of the molecule is NC1CNCC1C(=O)NC1CCCC1C(=O)NC1CNCC1C(=O)NC1CCCC1C(=O)O. The Balaban J connectivity index is 1.31. The number of rotatable bonds is 7. The van der Waals surface area contributed by atoms with E-state index in [2.05, 4.69) is 26.6 Å². The highest BCUT2D eigenvalue weighted by Gasteiger charge is 2.42. The molecule has 8 unspecified atom stereocenters. The first-order valence-electron chi connectivity index (χ1n) is 12.2. The Morgan fingerprint density at radius 2 is 1.15 bits per heavy atom. The van der Waals surface area contributed by atoms with Crippen molar-refractivity contribution in [1.82, 2.24) is 26.6 Å². The van der Waals surface area contributed by atoms with E-state index in [1.807, 2.05) is 0 Å². The summed E-state index contributed by atoms with van der Waals surface area (Å²) in [5.74, 6) is -2.99. The Labute approximate surface area is 193 Å². The number of hydrogen-bond acceptors (Lipinski definition) is 7. The molecule has 2 heterocycles. The maximum Gasteiger partial charge on any atom is 0.308 e. The summed E-state index contributed by atoms with van der Waals surface area (Å²) in [6.45, 7) is 2.06. The highest BCUT2D eigenvalue weighted by Crippen LogP contribution is 2.28. The van der Waals surface area contributed by atoms with Crippen LogP contribution in [0.1, 0.15) is 38.5 Å². The molecule has 0 aromatic heterocycles. The number of carbonyl (C=O) groups excluding carboxylic acids is 3. The third-order valence-corrected chi connectivity index (χ3v) is 7.82. The van der Waals surface area contributed by atoms with Crippen molar-refractivity contribution in [3.05, 3.63) is 0 Å². The maximum atomic E-state index is 13.1. The molecule has 4 aliphatic rings. The van der Waals surface area contributed by atoms with Crippen LogP contribution in [0.4, 0.5) is 0 Å². The highest BCUT2D eigenvalue weighted by molar-refractivity contribution is 5.86. The van der Waals surface area contributed by atoms with Gasteiger partial charge in [-0.25, -0.2) is 0 Å². The lowest BCUT2D eigenvalue weighted by atomic mass is 9.96. The van der Waals surface area contributed by atoms with Gasteiger partial charge in [0.1, 0.15) is 0 Å². The Kier molecular flexibility index (Phi) is 7.50. The van der Waals surface area contributed by atoms with Gasteiger partial charge >= 0.3 is 5.97 Å². The monoisotopic (exact) mass is 464 g/mol. The number of nitrogens with two attached hydrogens (primary N) is 1. The van der Waals surface area contributed by atoms with Gasteiger partial charge in [0.25, 0.3) is 0 Å². The maximum absolute atomic E-state index is 13.1. The second-order valence-electron chi connectivity index (χ2n) is 9.95. The van der Waals surface area contributed by atoms with Crippen molar-refractivity contribution in [1.29, 1.82) is 0 Å². The fourth-order valence-electron chi connectivity index (χ4n) is 5.84. The van der Waals surface area contributed by atoms with Crippen LogP contribution in [0.2, 0.25) is 0 Å². The molecule has 11 heteroatoms. The second-order valence-corrected chi connectivity index (χ2v) is 9.95. The van der Waals surface area contributed by atoms with Gasteiger partial charge in [0.05, 0.1) is 29.7 Å². The van der Waals surface area contributed by atoms with Crippen molar-refractivity contribution in [2.24, 2.45) is 29.4 Å². The predicted octanol–water partition coefficient (Wildman–Crippen LogP) is -2.11. The van der Waals surface area contributed by atoms with Gasteiger partial charge in [0, 0.05) is 44.3 Å². The summed E-state index contributed by atoms with van der Waals surface area (Å²) in [4.78, 5) is 50.1. The van der Waals surface area contributed by atoms with Crippen molar-refractivity contribution in [2.45, 2.75) is 62.7 Å². The standard InChI is InChI=1S/C22H36N6O5/c23-15-9-24-7-13(15)20(30)26-16-5-1-3-11(16)19(29)28-18-10-25-8-14(18)21(31)27-17-6-2-4-12(17)22(32)33/h11-18,24-25H,1-10,23H2,(H,26,30)(H,27,31)(H,28,29)(H,32,33). The summed E-state index contributed by atoms with van der Waals surface area (Å²) < 4.78 is 0. The minimum Gasteiger partial charge on any atom is -0.481 e. The molecule has 33 heavy (non-hydrogen) atoms. The van der Waals surface area contributed by atoms with Gasteiger partial charge in [0.2, 0.25) is 17.7 Å². The Bertz CT molecular complexity index is 778. The number of carboxylic acid groups (broad SMARTS) is 1. The van der Waals surface area contributed by atoms with Crippen LogP contribution in [-0.2, 0) is 19.2 Å². The molecule has 184 valence electrons. The van der Waals surface area contributed by atoms with Gasteiger partial charge in [-0.2, -0.15) is 0 Å². The Hall–Kier alpha value is -2.24. The van der Waals surface area contributed by atoms with Crippen LogP contribution in [-0.4, -0.2) is 79.1 Å². The van der Waals surface area contributed by atoms with Crippen molar-refractivity contribution >= 4 is 23.7 Å². The molecule has 4 fully saturated rings. The number of carboxylic acids is 1. The van der Waals surface area contributed by atoms with E-state index in [-0.39, 0.29) is 53.7 Å².